The Labute approximate surface area is 437 Å². The van der Waals surface area contributed by atoms with Crippen molar-refractivity contribution in [3.63, 3.8) is 0 Å². The summed E-state index contributed by atoms with van der Waals surface area (Å²) in [5.74, 6) is 1.22. The van der Waals surface area contributed by atoms with Gasteiger partial charge >= 0.3 is 6.18 Å². The quantitative estimate of drug-likeness (QED) is 0.152. The molecule has 0 spiro atoms. The standard InChI is InChI=1S/C68H48F3N5/c1-41-31-42(2)34-50(33-41)47-23-28-62-56(37-47)53-19-11-13-21-60(53)75(62)52-26-27-59(68(69,70)71)55(40-52)58-39-49(67-73-65(45-15-7-5-8-16-45)72-66(74-67)46-17-9-6-10-18-46)25-30-64(58)76-61-22-14-12-20-54(61)57-38-48(24-29-63(57)76)51-35-43(3)32-44(4)36-51/h5-40H,1-4H3. The van der Waals surface area contributed by atoms with Crippen LogP contribution in [0.1, 0.15) is 27.8 Å². The van der Waals surface area contributed by atoms with Gasteiger partial charge in [0.15, 0.2) is 17.5 Å². The number of aryl methyl sites for hydroxylation is 4. The minimum Gasteiger partial charge on any atom is -0.309 e. The maximum atomic E-state index is 16.1. The summed E-state index contributed by atoms with van der Waals surface area (Å²) < 4.78 is 52.4. The lowest BCUT2D eigenvalue weighted by atomic mass is 9.94. The van der Waals surface area contributed by atoms with Crippen LogP contribution < -0.4 is 0 Å². The van der Waals surface area contributed by atoms with Crippen LogP contribution in [-0.2, 0) is 6.18 Å². The molecule has 0 bridgehead atoms. The molecular formula is C68H48F3N5. The summed E-state index contributed by atoms with van der Waals surface area (Å²) >= 11 is 0. The minimum atomic E-state index is -4.74. The van der Waals surface area contributed by atoms with E-state index in [1.54, 1.807) is 12.1 Å². The smallest absolute Gasteiger partial charge is 0.309 e. The van der Waals surface area contributed by atoms with E-state index in [1.165, 1.54) is 17.2 Å². The lowest BCUT2D eigenvalue weighted by molar-refractivity contribution is -0.137. The van der Waals surface area contributed by atoms with E-state index in [2.05, 4.69) is 122 Å². The molecule has 0 unspecified atom stereocenters. The Morgan fingerprint density at radius 2 is 0.750 bits per heavy atom. The second-order valence-corrected chi connectivity index (χ2v) is 19.9. The predicted octanol–water partition coefficient (Wildman–Crippen LogP) is 18.3. The molecule has 0 saturated carbocycles. The van der Waals surface area contributed by atoms with Gasteiger partial charge in [0.05, 0.1) is 33.3 Å². The van der Waals surface area contributed by atoms with Gasteiger partial charge in [-0.15, -0.1) is 0 Å². The fraction of sp³-hybridized carbons (Fsp3) is 0.0735. The van der Waals surface area contributed by atoms with Crippen LogP contribution in [0.4, 0.5) is 13.2 Å². The number of hydrogen-bond acceptors (Lipinski definition) is 3. The van der Waals surface area contributed by atoms with Gasteiger partial charge < -0.3 is 9.13 Å². The largest absolute Gasteiger partial charge is 0.417 e. The van der Waals surface area contributed by atoms with Gasteiger partial charge in [-0.2, -0.15) is 13.2 Å². The normalized spacial score (nSPS) is 11.9. The maximum absolute atomic E-state index is 16.1. The molecule has 0 aliphatic rings. The monoisotopic (exact) mass is 991 g/mol. The molecule has 3 heterocycles. The summed E-state index contributed by atoms with van der Waals surface area (Å²) in [6.07, 6.45) is -4.74. The highest BCUT2D eigenvalue weighted by Crippen LogP contribution is 2.46. The van der Waals surface area contributed by atoms with E-state index in [4.69, 9.17) is 15.0 Å². The van der Waals surface area contributed by atoms with Gasteiger partial charge in [-0.25, -0.2) is 15.0 Å². The van der Waals surface area contributed by atoms with Crippen LogP contribution >= 0.6 is 0 Å². The first-order valence-corrected chi connectivity index (χ1v) is 25.4. The van der Waals surface area contributed by atoms with Crippen molar-refractivity contribution in [2.75, 3.05) is 0 Å². The zero-order chi connectivity index (χ0) is 51.8. The number of nitrogens with zero attached hydrogens (tertiary/aromatic N) is 5. The summed E-state index contributed by atoms with van der Waals surface area (Å²) in [6, 6.07) is 71.6. The number of fused-ring (bicyclic) bond motifs is 6. The fourth-order valence-electron chi connectivity index (χ4n) is 11.3. The third-order valence-electron chi connectivity index (χ3n) is 14.5. The Morgan fingerprint density at radius 3 is 1.26 bits per heavy atom. The average molecular weight is 992 g/mol. The number of rotatable bonds is 8. The molecule has 0 amide bonds. The van der Waals surface area contributed by atoms with E-state index in [0.717, 1.165) is 88.1 Å². The van der Waals surface area contributed by atoms with Crippen LogP contribution in [0, 0.1) is 27.7 Å². The minimum absolute atomic E-state index is 0.0121. The number of hydrogen-bond donors (Lipinski definition) is 0. The van der Waals surface area contributed by atoms with E-state index in [-0.39, 0.29) is 5.56 Å². The Morgan fingerprint density at radius 1 is 0.316 bits per heavy atom. The predicted molar refractivity (Wildman–Crippen MR) is 305 cm³/mol. The van der Waals surface area contributed by atoms with Crippen molar-refractivity contribution in [1.82, 2.24) is 24.1 Å². The highest BCUT2D eigenvalue weighted by molar-refractivity contribution is 6.12. The molecule has 0 aliphatic heterocycles. The van der Waals surface area contributed by atoms with Crippen molar-refractivity contribution in [2.45, 2.75) is 33.9 Å². The molecule has 0 N–H and O–H groups in total. The Hall–Kier alpha value is -9.40. The fourth-order valence-corrected chi connectivity index (χ4v) is 11.3. The molecule has 13 rings (SSSR count). The molecule has 0 atom stereocenters. The zero-order valence-corrected chi connectivity index (χ0v) is 42.2. The molecule has 0 radical (unpaired) electrons. The van der Waals surface area contributed by atoms with Gasteiger partial charge in [-0.3, -0.25) is 0 Å². The van der Waals surface area contributed by atoms with Crippen LogP contribution in [0.2, 0.25) is 0 Å². The Kier molecular flexibility index (Phi) is 11.1. The highest BCUT2D eigenvalue weighted by Gasteiger charge is 2.35. The second-order valence-electron chi connectivity index (χ2n) is 19.9. The van der Waals surface area contributed by atoms with Gasteiger partial charge in [-0.05, 0) is 128 Å². The van der Waals surface area contributed by atoms with Gasteiger partial charge in [-0.1, -0.05) is 168 Å². The SMILES string of the molecule is Cc1cc(C)cc(-c2ccc3c(c2)c2ccccc2n3-c2ccc(C(F)(F)F)c(-c3cc(-c4nc(-c5ccccc5)nc(-c5ccccc5)n4)ccc3-n3c4ccccc4c4cc(-c5cc(C)cc(C)c5)ccc43)c2)c1. The summed E-state index contributed by atoms with van der Waals surface area (Å²) in [5, 5.41) is 3.96. The molecule has 13 aromatic rings. The zero-order valence-electron chi connectivity index (χ0n) is 42.2. The van der Waals surface area contributed by atoms with E-state index in [9.17, 15) is 0 Å². The van der Waals surface area contributed by atoms with Crippen molar-refractivity contribution in [3.8, 4) is 78.9 Å². The summed E-state index contributed by atoms with van der Waals surface area (Å²) in [4.78, 5) is 15.0. The molecular weight excluding hydrogens is 944 g/mol. The van der Waals surface area contributed by atoms with Crippen LogP contribution in [-0.4, -0.2) is 24.1 Å². The molecule has 0 saturated heterocycles. The van der Waals surface area contributed by atoms with Crippen molar-refractivity contribution in [2.24, 2.45) is 0 Å². The number of para-hydroxylation sites is 2. The summed E-state index contributed by atoms with van der Waals surface area (Å²) in [6.45, 7) is 8.40. The lowest BCUT2D eigenvalue weighted by Crippen LogP contribution is -2.10. The van der Waals surface area contributed by atoms with Crippen molar-refractivity contribution in [1.29, 1.82) is 0 Å². The van der Waals surface area contributed by atoms with E-state index in [0.29, 0.717) is 40.0 Å². The second kappa shape index (κ2) is 18.2. The van der Waals surface area contributed by atoms with Crippen molar-refractivity contribution >= 4 is 43.6 Å². The lowest BCUT2D eigenvalue weighted by Gasteiger charge is -2.21. The third-order valence-corrected chi connectivity index (χ3v) is 14.5. The molecule has 366 valence electrons. The van der Waals surface area contributed by atoms with Crippen LogP contribution in [0.25, 0.3) is 123 Å². The van der Waals surface area contributed by atoms with E-state index >= 15 is 13.2 Å². The molecule has 3 aromatic heterocycles. The van der Waals surface area contributed by atoms with E-state index < -0.39 is 11.7 Å². The van der Waals surface area contributed by atoms with Crippen molar-refractivity contribution in [3.05, 3.63) is 246 Å². The molecule has 5 nitrogen and oxygen atoms in total. The topological polar surface area (TPSA) is 48.5 Å². The molecule has 0 fully saturated rings. The van der Waals surface area contributed by atoms with Gasteiger partial charge in [0.25, 0.3) is 0 Å². The number of benzene rings is 10. The van der Waals surface area contributed by atoms with Gasteiger partial charge in [0, 0.05) is 49.5 Å². The van der Waals surface area contributed by atoms with Crippen molar-refractivity contribution < 1.29 is 13.2 Å². The van der Waals surface area contributed by atoms with Gasteiger partial charge in [0.2, 0.25) is 0 Å². The number of alkyl halides is 3. The Balaban J connectivity index is 1.09. The first-order chi connectivity index (χ1) is 36.9. The number of aromatic nitrogens is 5. The molecule has 76 heavy (non-hydrogen) atoms. The Bertz CT molecular complexity index is 4340. The van der Waals surface area contributed by atoms with E-state index in [1.807, 2.05) is 115 Å². The van der Waals surface area contributed by atoms with Crippen LogP contribution in [0.5, 0.6) is 0 Å². The first kappa shape index (κ1) is 46.4. The third kappa shape index (κ3) is 8.19. The first-order valence-electron chi connectivity index (χ1n) is 25.4. The maximum Gasteiger partial charge on any atom is 0.417 e. The summed E-state index contributed by atoms with van der Waals surface area (Å²) in [7, 11) is 0. The average Bonchev–Trinajstić information content (AvgIpc) is 4.07. The summed E-state index contributed by atoms with van der Waals surface area (Å²) in [5.41, 5.74) is 15.3. The van der Waals surface area contributed by atoms with Crippen LogP contribution in [0.3, 0.4) is 0 Å². The molecule has 10 aromatic carbocycles. The number of halogens is 3. The highest BCUT2D eigenvalue weighted by atomic mass is 19.4. The van der Waals surface area contributed by atoms with Crippen LogP contribution in [0.15, 0.2) is 218 Å². The van der Waals surface area contributed by atoms with Gasteiger partial charge in [0.1, 0.15) is 0 Å². The molecule has 8 heteroatoms. The molecule has 0 aliphatic carbocycles.